The van der Waals surface area contributed by atoms with Crippen LogP contribution in [0.1, 0.15) is 15.9 Å². The molecule has 2 aromatic rings. The van der Waals surface area contributed by atoms with Gasteiger partial charge in [0, 0.05) is 41.3 Å². The van der Waals surface area contributed by atoms with Gasteiger partial charge in [0.25, 0.3) is 5.91 Å². The van der Waals surface area contributed by atoms with Crippen molar-refractivity contribution in [2.24, 2.45) is 0 Å². The lowest BCUT2D eigenvalue weighted by atomic mass is 9.99. The van der Waals surface area contributed by atoms with Gasteiger partial charge in [0.1, 0.15) is 11.6 Å². The zero-order valence-electron chi connectivity index (χ0n) is 14.3. The zero-order chi connectivity index (χ0) is 19.3. The van der Waals surface area contributed by atoms with E-state index in [0.29, 0.717) is 36.3 Å². The van der Waals surface area contributed by atoms with Crippen molar-refractivity contribution in [3.63, 3.8) is 0 Å². The largest absolute Gasteiger partial charge is 0.508 e. The first-order chi connectivity index (χ1) is 12.9. The predicted molar refractivity (Wildman–Crippen MR) is 98.9 cm³/mol. The smallest absolute Gasteiger partial charge is 0.254 e. The molecule has 0 aliphatic carbocycles. The fourth-order valence-corrected chi connectivity index (χ4v) is 3.76. The third-order valence-corrected chi connectivity index (χ3v) is 5.38. The number of rotatable bonds is 3. The van der Waals surface area contributed by atoms with E-state index in [1.165, 1.54) is 36.4 Å². The minimum atomic E-state index is -0.507. The van der Waals surface area contributed by atoms with E-state index in [1.54, 1.807) is 9.80 Å². The van der Waals surface area contributed by atoms with Crippen molar-refractivity contribution in [2.45, 2.75) is 12.6 Å². The van der Waals surface area contributed by atoms with Crippen LogP contribution in [0.15, 0.2) is 43.0 Å². The van der Waals surface area contributed by atoms with Crippen LogP contribution < -0.4 is 0 Å². The summed E-state index contributed by atoms with van der Waals surface area (Å²) in [6, 6.07) is 7.00. The zero-order valence-corrected chi connectivity index (χ0v) is 15.0. The lowest BCUT2D eigenvalue weighted by molar-refractivity contribution is -0.132. The number of aromatic hydroxyl groups is 1. The fourth-order valence-electron chi connectivity index (χ4n) is 3.54. The molecule has 27 heavy (non-hydrogen) atoms. The maximum atomic E-state index is 14.7. The summed E-state index contributed by atoms with van der Waals surface area (Å²) >= 11 is 6.14. The van der Waals surface area contributed by atoms with Crippen molar-refractivity contribution in [3.05, 3.63) is 65.0 Å². The van der Waals surface area contributed by atoms with E-state index in [2.05, 4.69) is 6.58 Å². The molecule has 2 aliphatic heterocycles. The van der Waals surface area contributed by atoms with Gasteiger partial charge in [-0.05, 0) is 42.0 Å². The number of carbonyl (C=O) groups excluding carboxylic acids is 2. The van der Waals surface area contributed by atoms with Gasteiger partial charge in [-0.25, -0.2) is 4.39 Å². The molecule has 138 valence electrons. The van der Waals surface area contributed by atoms with Crippen LogP contribution in [-0.2, 0) is 11.3 Å². The van der Waals surface area contributed by atoms with E-state index < -0.39 is 5.82 Å². The van der Waals surface area contributed by atoms with Crippen molar-refractivity contribution in [3.8, 4) is 16.9 Å². The van der Waals surface area contributed by atoms with Crippen molar-refractivity contribution in [2.75, 3.05) is 13.1 Å². The molecule has 0 bridgehead atoms. The second-order valence-electron chi connectivity index (χ2n) is 6.69. The van der Waals surface area contributed by atoms with Gasteiger partial charge >= 0.3 is 0 Å². The average molecular weight is 387 g/mol. The molecular formula is C20H16ClFN2O3. The summed E-state index contributed by atoms with van der Waals surface area (Å²) < 4.78 is 14.7. The number of carbonyl (C=O) groups is 2. The molecular weight excluding hydrogens is 371 g/mol. The van der Waals surface area contributed by atoms with Crippen molar-refractivity contribution in [1.82, 2.24) is 9.80 Å². The molecule has 1 fully saturated rings. The van der Waals surface area contributed by atoms with Gasteiger partial charge in [0.05, 0.1) is 6.04 Å². The summed E-state index contributed by atoms with van der Waals surface area (Å²) in [5.41, 5.74) is 1.52. The van der Waals surface area contributed by atoms with Crippen LogP contribution in [0.5, 0.6) is 5.75 Å². The van der Waals surface area contributed by atoms with Gasteiger partial charge in [-0.1, -0.05) is 18.2 Å². The van der Waals surface area contributed by atoms with Gasteiger partial charge in [0.2, 0.25) is 5.91 Å². The third kappa shape index (κ3) is 2.86. The van der Waals surface area contributed by atoms with Crippen LogP contribution in [-0.4, -0.2) is 45.9 Å². The second kappa shape index (κ2) is 6.39. The Balaban J connectivity index is 1.63. The van der Waals surface area contributed by atoms with Gasteiger partial charge < -0.3 is 14.9 Å². The topological polar surface area (TPSA) is 60.9 Å². The molecule has 1 saturated heterocycles. The summed E-state index contributed by atoms with van der Waals surface area (Å²) in [6.45, 7) is 4.64. The molecule has 2 aliphatic rings. The first kappa shape index (κ1) is 17.5. The number of hydrogen-bond acceptors (Lipinski definition) is 3. The number of benzene rings is 2. The Hall–Kier alpha value is -2.86. The first-order valence-corrected chi connectivity index (χ1v) is 8.80. The molecule has 4 rings (SSSR count). The number of fused-ring (bicyclic) bond motifs is 1. The normalized spacial score (nSPS) is 16.3. The molecule has 5 nitrogen and oxygen atoms in total. The highest BCUT2D eigenvalue weighted by molar-refractivity contribution is 6.33. The standard InChI is InChI=1S/C20H16ClFN2O3/c1-2-19(26)23-9-12(10-23)24-8-11-5-18(22)16(7-14(11)20(24)27)15-6-13(25)3-4-17(15)21/h2-7,12,25H,1,8-10H2. The molecule has 2 heterocycles. The molecule has 0 unspecified atom stereocenters. The molecule has 1 N–H and O–H groups in total. The number of hydrogen-bond donors (Lipinski definition) is 1. The quantitative estimate of drug-likeness (QED) is 0.824. The Morgan fingerprint density at radius 1 is 1.22 bits per heavy atom. The lowest BCUT2D eigenvalue weighted by Crippen LogP contribution is -2.60. The highest BCUT2D eigenvalue weighted by Gasteiger charge is 2.40. The minimum absolute atomic E-state index is 0.0382. The van der Waals surface area contributed by atoms with Crippen LogP contribution in [0.25, 0.3) is 11.1 Å². The van der Waals surface area contributed by atoms with Gasteiger partial charge in [0.15, 0.2) is 0 Å². The summed E-state index contributed by atoms with van der Waals surface area (Å²) in [5.74, 6) is -0.905. The van der Waals surface area contributed by atoms with E-state index in [1.807, 2.05) is 0 Å². The third-order valence-electron chi connectivity index (χ3n) is 5.05. The Morgan fingerprint density at radius 2 is 1.96 bits per heavy atom. The van der Waals surface area contributed by atoms with Crippen molar-refractivity contribution >= 4 is 23.4 Å². The summed E-state index contributed by atoms with van der Waals surface area (Å²) in [5, 5.41) is 9.97. The van der Waals surface area contributed by atoms with Crippen LogP contribution in [0.2, 0.25) is 5.02 Å². The van der Waals surface area contributed by atoms with E-state index in [4.69, 9.17) is 11.6 Å². The monoisotopic (exact) mass is 386 g/mol. The van der Waals surface area contributed by atoms with Gasteiger partial charge in [-0.3, -0.25) is 9.59 Å². The SMILES string of the molecule is C=CC(=O)N1CC(N2Cc3cc(F)c(-c4cc(O)ccc4Cl)cc3C2=O)C1. The summed E-state index contributed by atoms with van der Waals surface area (Å²) in [6.07, 6.45) is 1.25. The molecule has 0 atom stereocenters. The Morgan fingerprint density at radius 3 is 2.67 bits per heavy atom. The Labute approximate surface area is 160 Å². The molecule has 0 aromatic heterocycles. The molecule has 7 heteroatoms. The second-order valence-corrected chi connectivity index (χ2v) is 7.09. The maximum Gasteiger partial charge on any atom is 0.254 e. The van der Waals surface area contributed by atoms with Crippen molar-refractivity contribution in [1.29, 1.82) is 0 Å². The number of phenolic OH excluding ortho intramolecular Hbond substituents is 1. The number of nitrogens with zero attached hydrogens (tertiary/aromatic N) is 2. The van der Waals surface area contributed by atoms with E-state index >= 15 is 0 Å². The van der Waals surface area contributed by atoms with Crippen molar-refractivity contribution < 1.29 is 19.1 Å². The summed E-state index contributed by atoms with van der Waals surface area (Å²) in [7, 11) is 0. The molecule has 0 radical (unpaired) electrons. The lowest BCUT2D eigenvalue weighted by Gasteiger charge is -2.43. The van der Waals surface area contributed by atoms with Crippen LogP contribution in [0.4, 0.5) is 4.39 Å². The average Bonchev–Trinajstić information content (AvgIpc) is 2.90. The highest BCUT2D eigenvalue weighted by Crippen LogP contribution is 2.37. The maximum absolute atomic E-state index is 14.7. The Kier molecular flexibility index (Phi) is 4.15. The molecule has 2 aromatic carbocycles. The van der Waals surface area contributed by atoms with E-state index in [0.717, 1.165) is 0 Å². The van der Waals surface area contributed by atoms with Crippen LogP contribution in [0, 0.1) is 5.82 Å². The molecule has 2 amide bonds. The highest BCUT2D eigenvalue weighted by atomic mass is 35.5. The van der Waals surface area contributed by atoms with Crippen LogP contribution >= 0.6 is 11.6 Å². The van der Waals surface area contributed by atoms with Gasteiger partial charge in [-0.2, -0.15) is 0 Å². The van der Waals surface area contributed by atoms with E-state index in [-0.39, 0.29) is 34.2 Å². The van der Waals surface area contributed by atoms with Gasteiger partial charge in [-0.15, -0.1) is 0 Å². The minimum Gasteiger partial charge on any atom is -0.508 e. The van der Waals surface area contributed by atoms with Crippen LogP contribution in [0.3, 0.4) is 0 Å². The first-order valence-electron chi connectivity index (χ1n) is 8.42. The predicted octanol–water partition coefficient (Wildman–Crippen LogP) is 3.20. The Bertz CT molecular complexity index is 985. The fraction of sp³-hybridized carbons (Fsp3) is 0.200. The molecule has 0 saturated carbocycles. The molecule has 0 spiro atoms. The number of likely N-dealkylation sites (tertiary alicyclic amines) is 1. The number of phenols is 1. The van der Waals surface area contributed by atoms with E-state index in [9.17, 15) is 19.1 Å². The number of halogens is 2. The summed E-state index contributed by atoms with van der Waals surface area (Å²) in [4.78, 5) is 27.7. The number of amides is 2.